The number of ether oxygens (including phenoxy) is 2. The molecule has 2 aromatic heterocycles. The number of phenolic OH excluding ortho intramolecular Hbond substituents is 1. The Morgan fingerprint density at radius 2 is 1.96 bits per heavy atom. The Bertz CT molecular complexity index is 1880. The molecule has 2 atom stereocenters. The van der Waals surface area contributed by atoms with Crippen LogP contribution in [0, 0.1) is 24.0 Å². The number of hydrogen-bond donors (Lipinski definition) is 2. The van der Waals surface area contributed by atoms with Gasteiger partial charge in [-0.25, -0.2) is 13.8 Å². The first-order valence-corrected chi connectivity index (χ1v) is 15.8. The SMILES string of the molecule is C#Cc1c(F)ccc2cc(O)cc(-c3nc4c5c(nc(OCC67CCCN6CCC7)nc5c3F)N3CCNCC3[C@H](CC)O4)c12. The highest BCUT2D eigenvalue weighted by Crippen LogP contribution is 2.45. The summed E-state index contributed by atoms with van der Waals surface area (Å²) in [5.74, 6) is 1.58. The van der Waals surface area contributed by atoms with Gasteiger partial charge in [0.05, 0.1) is 17.1 Å². The second-order valence-electron chi connectivity index (χ2n) is 12.5. The molecule has 0 bridgehead atoms. The van der Waals surface area contributed by atoms with E-state index in [9.17, 15) is 9.50 Å². The summed E-state index contributed by atoms with van der Waals surface area (Å²) < 4.78 is 44.9. The first-order valence-electron chi connectivity index (χ1n) is 15.8. The number of fused-ring (bicyclic) bond motifs is 4. The van der Waals surface area contributed by atoms with E-state index in [0.29, 0.717) is 42.7 Å². The van der Waals surface area contributed by atoms with Gasteiger partial charge in [0.2, 0.25) is 5.88 Å². The highest BCUT2D eigenvalue weighted by molar-refractivity contribution is 6.04. The van der Waals surface area contributed by atoms with E-state index in [2.05, 4.69) is 26.0 Å². The number of nitrogens with one attached hydrogen (secondary N) is 1. The third-order valence-electron chi connectivity index (χ3n) is 10.1. The third-order valence-corrected chi connectivity index (χ3v) is 10.1. The zero-order chi connectivity index (χ0) is 30.9. The molecule has 4 aromatic rings. The Kier molecular flexibility index (Phi) is 6.69. The number of halogens is 2. The molecular weight excluding hydrogens is 578 g/mol. The number of aromatic nitrogens is 3. The van der Waals surface area contributed by atoms with Crippen LogP contribution in [-0.2, 0) is 0 Å². The Hall–Kier alpha value is -4.27. The maximum atomic E-state index is 17.0. The standard InChI is InChI=1S/C34H34F2N6O3/c1-3-21-23(35)8-7-19-15-20(43)16-22(26(19)21)29-28(36)30-27-31(42-14-11-37-17-24(42)25(4-2)45-32(27)38-29)40-33(39-30)44-18-34-9-5-12-41(34)13-6-10-34/h1,7-8,15-16,24-25,37,43H,4-6,9-14,17-18H2,2H3/t24?,25-/m0/s1. The van der Waals surface area contributed by atoms with E-state index in [0.717, 1.165) is 45.3 Å². The molecular formula is C34H34F2N6O3. The number of terminal acetylenes is 1. The lowest BCUT2D eigenvalue weighted by Gasteiger charge is -2.39. The summed E-state index contributed by atoms with van der Waals surface area (Å²) in [5, 5.41) is 15.2. The van der Waals surface area contributed by atoms with Gasteiger partial charge in [-0.1, -0.05) is 18.9 Å². The number of rotatable bonds is 5. The molecule has 232 valence electrons. The summed E-state index contributed by atoms with van der Waals surface area (Å²) in [4.78, 5) is 18.9. The zero-order valence-corrected chi connectivity index (χ0v) is 25.1. The van der Waals surface area contributed by atoms with Crippen LogP contribution in [0.5, 0.6) is 17.6 Å². The van der Waals surface area contributed by atoms with Crippen LogP contribution >= 0.6 is 0 Å². The summed E-state index contributed by atoms with van der Waals surface area (Å²) in [7, 11) is 0. The van der Waals surface area contributed by atoms with Crippen molar-refractivity contribution in [3.8, 4) is 41.2 Å². The van der Waals surface area contributed by atoms with E-state index >= 15 is 4.39 Å². The summed E-state index contributed by atoms with van der Waals surface area (Å²) >= 11 is 0. The number of aromatic hydroxyl groups is 1. The lowest BCUT2D eigenvalue weighted by molar-refractivity contribution is 0.108. The summed E-state index contributed by atoms with van der Waals surface area (Å²) in [6.07, 6.45) is 10.5. The molecule has 0 amide bonds. The fourth-order valence-electron chi connectivity index (χ4n) is 7.95. The minimum absolute atomic E-state index is 0.00797. The molecule has 4 aliphatic heterocycles. The number of pyridine rings is 1. The molecule has 8 rings (SSSR count). The van der Waals surface area contributed by atoms with E-state index < -0.39 is 11.6 Å². The molecule has 9 nitrogen and oxygen atoms in total. The van der Waals surface area contributed by atoms with E-state index in [4.69, 9.17) is 25.9 Å². The first kappa shape index (κ1) is 28.2. The molecule has 0 radical (unpaired) electrons. The molecule has 1 unspecified atom stereocenters. The van der Waals surface area contributed by atoms with Gasteiger partial charge in [-0.2, -0.15) is 9.97 Å². The number of nitrogens with zero attached hydrogens (tertiary/aromatic N) is 5. The van der Waals surface area contributed by atoms with Gasteiger partial charge in [-0.05, 0) is 68.8 Å². The Balaban J connectivity index is 1.36. The van der Waals surface area contributed by atoms with E-state index in [-0.39, 0.29) is 63.0 Å². The monoisotopic (exact) mass is 612 g/mol. The maximum Gasteiger partial charge on any atom is 0.319 e. The number of benzene rings is 2. The number of phenols is 1. The van der Waals surface area contributed by atoms with E-state index in [1.165, 1.54) is 24.3 Å². The van der Waals surface area contributed by atoms with Crippen molar-refractivity contribution >= 4 is 27.5 Å². The molecule has 4 aliphatic rings. The summed E-state index contributed by atoms with van der Waals surface area (Å²) in [6.45, 7) is 6.58. The maximum absolute atomic E-state index is 17.0. The van der Waals surface area contributed by atoms with E-state index in [1.54, 1.807) is 0 Å². The smallest absolute Gasteiger partial charge is 0.319 e. The first-order chi connectivity index (χ1) is 21.9. The Morgan fingerprint density at radius 1 is 1.13 bits per heavy atom. The third kappa shape index (κ3) is 4.37. The largest absolute Gasteiger partial charge is 0.508 e. The summed E-state index contributed by atoms with van der Waals surface area (Å²) in [5.41, 5.74) is -0.118. The van der Waals surface area contributed by atoms with Gasteiger partial charge in [0, 0.05) is 30.6 Å². The predicted octanol–water partition coefficient (Wildman–Crippen LogP) is 4.77. The molecule has 3 fully saturated rings. The quantitative estimate of drug-likeness (QED) is 0.309. The number of hydrogen-bond acceptors (Lipinski definition) is 9. The molecule has 0 aliphatic carbocycles. The minimum Gasteiger partial charge on any atom is -0.508 e. The fraction of sp³-hybridized carbons (Fsp3) is 0.441. The predicted molar refractivity (Wildman–Crippen MR) is 167 cm³/mol. The lowest BCUT2D eigenvalue weighted by Crippen LogP contribution is -2.57. The zero-order valence-electron chi connectivity index (χ0n) is 25.1. The minimum atomic E-state index is -0.756. The van der Waals surface area contributed by atoms with Crippen molar-refractivity contribution in [2.75, 3.05) is 44.2 Å². The van der Waals surface area contributed by atoms with Crippen LogP contribution < -0.4 is 19.7 Å². The van der Waals surface area contributed by atoms with Crippen LogP contribution in [0.25, 0.3) is 32.9 Å². The molecule has 45 heavy (non-hydrogen) atoms. The van der Waals surface area contributed by atoms with Crippen LogP contribution in [0.15, 0.2) is 24.3 Å². The second-order valence-corrected chi connectivity index (χ2v) is 12.5. The summed E-state index contributed by atoms with van der Waals surface area (Å²) in [6, 6.07) is 5.55. The second kappa shape index (κ2) is 10.7. The highest BCUT2D eigenvalue weighted by atomic mass is 19.1. The molecule has 11 heteroatoms. The van der Waals surface area contributed by atoms with E-state index in [1.807, 2.05) is 6.92 Å². The molecule has 0 saturated carbocycles. The number of anilines is 1. The molecule has 0 spiro atoms. The van der Waals surface area contributed by atoms with Crippen molar-refractivity contribution in [1.82, 2.24) is 25.2 Å². The molecule has 2 N–H and O–H groups in total. The van der Waals surface area contributed by atoms with Gasteiger partial charge in [-0.15, -0.1) is 6.42 Å². The number of piperazine rings is 1. The van der Waals surface area contributed by atoms with Gasteiger partial charge in [-0.3, -0.25) is 4.90 Å². The van der Waals surface area contributed by atoms with Crippen LogP contribution in [0.2, 0.25) is 0 Å². The van der Waals surface area contributed by atoms with Crippen LogP contribution in [0.3, 0.4) is 0 Å². The lowest BCUT2D eigenvalue weighted by atomic mass is 9.95. The topological polar surface area (TPSA) is 95.9 Å². The van der Waals surface area contributed by atoms with Crippen LogP contribution in [0.4, 0.5) is 14.6 Å². The van der Waals surface area contributed by atoms with Crippen LogP contribution in [-0.4, -0.2) is 82.0 Å². The van der Waals surface area contributed by atoms with Gasteiger partial charge in [0.25, 0.3) is 0 Å². The average Bonchev–Trinajstić information content (AvgIpc) is 3.60. The van der Waals surface area contributed by atoms with Crippen LogP contribution in [0.1, 0.15) is 44.6 Å². The Labute approximate surface area is 259 Å². The molecule has 2 aromatic carbocycles. The van der Waals surface area contributed by atoms with Crippen molar-refractivity contribution < 1.29 is 23.4 Å². The Morgan fingerprint density at radius 3 is 2.73 bits per heavy atom. The van der Waals surface area contributed by atoms with Crippen molar-refractivity contribution in [2.45, 2.75) is 56.7 Å². The molecule has 3 saturated heterocycles. The highest BCUT2D eigenvalue weighted by Gasteiger charge is 2.45. The van der Waals surface area contributed by atoms with Gasteiger partial charge >= 0.3 is 6.01 Å². The average molecular weight is 613 g/mol. The van der Waals surface area contributed by atoms with Crippen molar-refractivity contribution in [1.29, 1.82) is 0 Å². The van der Waals surface area contributed by atoms with Crippen molar-refractivity contribution in [3.05, 3.63) is 41.5 Å². The van der Waals surface area contributed by atoms with Gasteiger partial charge < -0.3 is 24.8 Å². The fourth-order valence-corrected chi connectivity index (χ4v) is 7.95. The molecule has 6 heterocycles. The van der Waals surface area contributed by atoms with Crippen molar-refractivity contribution in [2.24, 2.45) is 0 Å². The van der Waals surface area contributed by atoms with Gasteiger partial charge in [0.15, 0.2) is 5.82 Å². The normalized spacial score (nSPS) is 22.1. The van der Waals surface area contributed by atoms with Gasteiger partial charge in [0.1, 0.15) is 46.7 Å². The van der Waals surface area contributed by atoms with Crippen molar-refractivity contribution in [3.63, 3.8) is 0 Å².